The molecule has 2 rings (SSSR count). The number of hydrogen-bond acceptors (Lipinski definition) is 3. The summed E-state index contributed by atoms with van der Waals surface area (Å²) in [4.78, 5) is 0. The van der Waals surface area contributed by atoms with Gasteiger partial charge in [-0.25, -0.2) is 0 Å². The molecule has 0 aliphatic heterocycles. The van der Waals surface area contributed by atoms with Gasteiger partial charge in [-0.15, -0.1) is 0 Å². The first-order valence-corrected chi connectivity index (χ1v) is 7.01. The molecule has 4 heteroatoms. The van der Waals surface area contributed by atoms with Crippen molar-refractivity contribution in [2.45, 2.75) is 32.2 Å². The summed E-state index contributed by atoms with van der Waals surface area (Å²) < 4.78 is 12.3. The summed E-state index contributed by atoms with van der Waals surface area (Å²) in [6, 6.07) is 3.86. The maximum Gasteiger partial charge on any atom is 0.167 e. The average molecular weight is 314 g/mol. The molecule has 0 unspecified atom stereocenters. The Labute approximate surface area is 117 Å². The number of halogens is 1. The average Bonchev–Trinajstić information content (AvgIpc) is 3.08. The van der Waals surface area contributed by atoms with Crippen molar-refractivity contribution in [3.8, 4) is 11.5 Å². The monoisotopic (exact) mass is 313 g/mol. The molecule has 1 aromatic carbocycles. The first-order valence-electron chi connectivity index (χ1n) is 6.22. The van der Waals surface area contributed by atoms with Crippen LogP contribution in [-0.4, -0.2) is 13.7 Å². The van der Waals surface area contributed by atoms with E-state index in [4.69, 9.17) is 15.2 Å². The molecule has 1 fully saturated rings. The Kier molecular flexibility index (Phi) is 3.87. The van der Waals surface area contributed by atoms with Crippen molar-refractivity contribution >= 4 is 15.9 Å². The zero-order chi connectivity index (χ0) is 13.3. The Hall–Kier alpha value is -0.740. The predicted molar refractivity (Wildman–Crippen MR) is 76.1 cm³/mol. The molecule has 0 radical (unpaired) electrons. The molecule has 0 heterocycles. The van der Waals surface area contributed by atoms with Crippen LogP contribution < -0.4 is 15.2 Å². The lowest BCUT2D eigenvalue weighted by molar-refractivity contribution is 0.272. The zero-order valence-corrected chi connectivity index (χ0v) is 12.7. The molecule has 0 aromatic heterocycles. The van der Waals surface area contributed by atoms with E-state index in [0.29, 0.717) is 5.92 Å². The Bertz CT molecular complexity index is 436. The minimum Gasteiger partial charge on any atom is -0.493 e. The van der Waals surface area contributed by atoms with Gasteiger partial charge >= 0.3 is 0 Å². The maximum atomic E-state index is 6.24. The van der Waals surface area contributed by atoms with Gasteiger partial charge in [-0.05, 0) is 44.7 Å². The topological polar surface area (TPSA) is 44.5 Å². The van der Waals surface area contributed by atoms with Crippen LogP contribution in [0.25, 0.3) is 0 Å². The Morgan fingerprint density at radius 3 is 2.56 bits per heavy atom. The molecular formula is C14H20BrNO2. The second kappa shape index (κ2) is 5.10. The van der Waals surface area contributed by atoms with Crippen LogP contribution in [0.15, 0.2) is 16.6 Å². The summed E-state index contributed by atoms with van der Waals surface area (Å²) >= 11 is 3.55. The van der Waals surface area contributed by atoms with Crippen LogP contribution in [0.5, 0.6) is 11.5 Å². The van der Waals surface area contributed by atoms with Gasteiger partial charge in [-0.1, -0.05) is 15.9 Å². The molecule has 100 valence electrons. The molecule has 1 aromatic rings. The summed E-state index contributed by atoms with van der Waals surface area (Å²) in [5.74, 6) is 2.21. The van der Waals surface area contributed by atoms with E-state index in [1.54, 1.807) is 7.11 Å². The molecule has 3 nitrogen and oxygen atoms in total. The summed E-state index contributed by atoms with van der Waals surface area (Å²) in [5.41, 5.74) is 6.72. The van der Waals surface area contributed by atoms with E-state index in [1.165, 1.54) is 12.8 Å². The lowest BCUT2D eigenvalue weighted by Crippen LogP contribution is -2.30. The van der Waals surface area contributed by atoms with Crippen molar-refractivity contribution in [2.75, 3.05) is 13.7 Å². The van der Waals surface area contributed by atoms with Gasteiger partial charge in [0, 0.05) is 15.6 Å². The Balaban J connectivity index is 2.39. The summed E-state index contributed by atoms with van der Waals surface area (Å²) in [6.45, 7) is 4.68. The van der Waals surface area contributed by atoms with E-state index < -0.39 is 5.54 Å². The molecule has 0 atom stereocenters. The van der Waals surface area contributed by atoms with E-state index in [1.807, 2.05) is 26.0 Å². The first kappa shape index (κ1) is 13.7. The molecular weight excluding hydrogens is 294 g/mol. The van der Waals surface area contributed by atoms with Crippen molar-refractivity contribution in [1.29, 1.82) is 0 Å². The van der Waals surface area contributed by atoms with Crippen LogP contribution in [0.3, 0.4) is 0 Å². The van der Waals surface area contributed by atoms with Crippen LogP contribution in [0.4, 0.5) is 0 Å². The van der Waals surface area contributed by atoms with Gasteiger partial charge in [-0.3, -0.25) is 0 Å². The van der Waals surface area contributed by atoms with Crippen molar-refractivity contribution in [3.05, 3.63) is 22.2 Å². The Morgan fingerprint density at radius 2 is 2.06 bits per heavy atom. The summed E-state index contributed by atoms with van der Waals surface area (Å²) in [5, 5.41) is 0. The minimum absolute atomic E-state index is 0.480. The lowest BCUT2D eigenvalue weighted by atomic mass is 9.94. The van der Waals surface area contributed by atoms with Crippen LogP contribution in [-0.2, 0) is 5.54 Å². The molecule has 1 aliphatic rings. The fraction of sp³-hybridized carbons (Fsp3) is 0.571. The number of ether oxygens (including phenoxy) is 2. The van der Waals surface area contributed by atoms with Gasteiger partial charge in [0.15, 0.2) is 11.5 Å². The van der Waals surface area contributed by atoms with E-state index in [0.717, 1.165) is 28.1 Å². The standard InChI is InChI=1S/C14H20BrNO2/c1-14(2,16)12-10(15)6-7-11(17-3)13(12)18-8-9-4-5-9/h6-7,9H,4-5,8,16H2,1-3H3. The lowest BCUT2D eigenvalue weighted by Gasteiger charge is -2.25. The normalized spacial score (nSPS) is 15.6. The van der Waals surface area contributed by atoms with E-state index >= 15 is 0 Å². The van der Waals surface area contributed by atoms with Crippen LogP contribution in [0.2, 0.25) is 0 Å². The van der Waals surface area contributed by atoms with E-state index in [9.17, 15) is 0 Å². The fourth-order valence-corrected chi connectivity index (χ4v) is 2.75. The van der Waals surface area contributed by atoms with Gasteiger partial charge in [0.1, 0.15) is 0 Å². The first-order chi connectivity index (χ1) is 8.43. The number of nitrogens with two attached hydrogens (primary N) is 1. The van der Waals surface area contributed by atoms with E-state index in [2.05, 4.69) is 15.9 Å². The quantitative estimate of drug-likeness (QED) is 0.905. The fourth-order valence-electron chi connectivity index (χ4n) is 1.93. The van der Waals surface area contributed by atoms with Crippen molar-refractivity contribution in [3.63, 3.8) is 0 Å². The van der Waals surface area contributed by atoms with Gasteiger partial charge in [0.25, 0.3) is 0 Å². The molecule has 18 heavy (non-hydrogen) atoms. The second-order valence-electron chi connectivity index (χ2n) is 5.43. The number of methoxy groups -OCH3 is 1. The second-order valence-corrected chi connectivity index (χ2v) is 6.28. The van der Waals surface area contributed by atoms with Crippen LogP contribution in [0.1, 0.15) is 32.3 Å². The third-order valence-corrected chi connectivity index (χ3v) is 3.76. The summed E-state index contributed by atoms with van der Waals surface area (Å²) in [6.07, 6.45) is 2.52. The zero-order valence-electron chi connectivity index (χ0n) is 11.1. The minimum atomic E-state index is -0.480. The number of benzene rings is 1. The number of hydrogen-bond donors (Lipinski definition) is 1. The SMILES string of the molecule is COc1ccc(Br)c(C(C)(C)N)c1OCC1CC1. The predicted octanol–water partition coefficient (Wildman–Crippen LogP) is 3.44. The van der Waals surface area contributed by atoms with Crippen LogP contribution in [0, 0.1) is 5.92 Å². The highest BCUT2D eigenvalue weighted by Crippen LogP contribution is 2.42. The van der Waals surface area contributed by atoms with Crippen molar-refractivity contribution in [1.82, 2.24) is 0 Å². The highest BCUT2D eigenvalue weighted by molar-refractivity contribution is 9.10. The third-order valence-electron chi connectivity index (χ3n) is 3.10. The van der Waals surface area contributed by atoms with Gasteiger partial charge < -0.3 is 15.2 Å². The molecule has 0 bridgehead atoms. The molecule has 0 saturated heterocycles. The summed E-state index contributed by atoms with van der Waals surface area (Å²) in [7, 11) is 1.65. The van der Waals surface area contributed by atoms with Gasteiger partial charge in [0.05, 0.1) is 13.7 Å². The highest BCUT2D eigenvalue weighted by Gasteiger charge is 2.28. The number of rotatable bonds is 5. The molecule has 0 spiro atoms. The van der Waals surface area contributed by atoms with Gasteiger partial charge in [-0.2, -0.15) is 0 Å². The molecule has 1 saturated carbocycles. The molecule has 2 N–H and O–H groups in total. The van der Waals surface area contributed by atoms with Crippen LogP contribution >= 0.6 is 15.9 Å². The van der Waals surface area contributed by atoms with Crippen molar-refractivity contribution in [2.24, 2.45) is 11.7 Å². The Morgan fingerprint density at radius 1 is 1.39 bits per heavy atom. The third kappa shape index (κ3) is 2.98. The maximum absolute atomic E-state index is 6.24. The smallest absolute Gasteiger partial charge is 0.167 e. The molecule has 1 aliphatic carbocycles. The van der Waals surface area contributed by atoms with Crippen molar-refractivity contribution < 1.29 is 9.47 Å². The van der Waals surface area contributed by atoms with Gasteiger partial charge in [0.2, 0.25) is 0 Å². The highest BCUT2D eigenvalue weighted by atomic mass is 79.9. The van der Waals surface area contributed by atoms with E-state index in [-0.39, 0.29) is 0 Å². The molecule has 0 amide bonds. The largest absolute Gasteiger partial charge is 0.493 e.